The molecule has 0 aliphatic heterocycles. The van der Waals surface area contributed by atoms with Crippen LogP contribution < -0.4 is 15.2 Å². The van der Waals surface area contributed by atoms with Crippen LogP contribution in [0.3, 0.4) is 0 Å². The zero-order chi connectivity index (χ0) is 13.0. The molecular weight excluding hydrogens is 242 g/mol. The average molecular weight is 260 g/mol. The molecule has 1 atom stereocenters. The molecule has 1 unspecified atom stereocenters. The predicted molar refractivity (Wildman–Crippen MR) is 68.8 cm³/mol. The fraction of sp³-hybridized carbons (Fsp3) is 0.500. The Morgan fingerprint density at radius 1 is 1.35 bits per heavy atom. The number of nitrogen functional groups attached to an aromatic ring is 1. The van der Waals surface area contributed by atoms with Crippen LogP contribution in [0.2, 0.25) is 5.02 Å². The van der Waals surface area contributed by atoms with Gasteiger partial charge in [0.15, 0.2) is 0 Å². The van der Waals surface area contributed by atoms with Gasteiger partial charge in [0.05, 0.1) is 30.6 Å². The molecule has 1 rings (SSSR count). The Bertz CT molecular complexity index is 394. The number of aliphatic hydroxyl groups excluding tert-OH is 1. The molecule has 0 amide bonds. The first-order chi connectivity index (χ1) is 8.02. The largest absolute Gasteiger partial charge is 0.493 e. The van der Waals surface area contributed by atoms with Crippen molar-refractivity contribution in [2.24, 2.45) is 0 Å². The third kappa shape index (κ3) is 2.96. The average Bonchev–Trinajstić information content (AvgIpc) is 2.25. The number of rotatable bonds is 5. The van der Waals surface area contributed by atoms with E-state index in [1.165, 1.54) is 0 Å². The number of hydrogen-bond acceptors (Lipinski definition) is 4. The van der Waals surface area contributed by atoms with E-state index in [1.807, 2.05) is 13.8 Å². The van der Waals surface area contributed by atoms with Crippen molar-refractivity contribution in [3.8, 4) is 11.5 Å². The molecule has 96 valence electrons. The molecule has 1 aromatic rings. The minimum atomic E-state index is -0.740. The van der Waals surface area contributed by atoms with Crippen LogP contribution in [0.4, 0.5) is 5.69 Å². The lowest BCUT2D eigenvalue weighted by molar-refractivity contribution is 0.184. The van der Waals surface area contributed by atoms with Gasteiger partial charge in [-0.15, -0.1) is 0 Å². The van der Waals surface area contributed by atoms with Gasteiger partial charge in [0.25, 0.3) is 0 Å². The molecule has 0 bridgehead atoms. The summed E-state index contributed by atoms with van der Waals surface area (Å²) >= 11 is 6.08. The van der Waals surface area contributed by atoms with Crippen LogP contribution in [0.25, 0.3) is 0 Å². The van der Waals surface area contributed by atoms with Crippen molar-refractivity contribution >= 4 is 17.3 Å². The van der Waals surface area contributed by atoms with Crippen LogP contribution in [0, 0.1) is 0 Å². The standard InChI is InChI=1S/C12H18ClNO3/c1-4-16-9-6-8(14)11(13)12(17-5-2)10(9)7(3)15/h6-7,15H,4-5,14H2,1-3H3. The molecule has 0 saturated carbocycles. The van der Waals surface area contributed by atoms with Gasteiger partial charge in [-0.2, -0.15) is 0 Å². The van der Waals surface area contributed by atoms with Crippen LogP contribution in [-0.4, -0.2) is 18.3 Å². The lowest BCUT2D eigenvalue weighted by atomic mass is 10.1. The van der Waals surface area contributed by atoms with Crippen molar-refractivity contribution in [1.29, 1.82) is 0 Å². The van der Waals surface area contributed by atoms with Crippen molar-refractivity contribution in [3.05, 3.63) is 16.7 Å². The smallest absolute Gasteiger partial charge is 0.149 e. The molecule has 5 heteroatoms. The molecule has 0 fully saturated rings. The summed E-state index contributed by atoms with van der Waals surface area (Å²) in [5.74, 6) is 0.903. The summed E-state index contributed by atoms with van der Waals surface area (Å²) in [6.45, 7) is 6.25. The number of ether oxygens (including phenoxy) is 2. The third-order valence-electron chi connectivity index (χ3n) is 2.26. The van der Waals surface area contributed by atoms with Gasteiger partial charge >= 0.3 is 0 Å². The number of aliphatic hydroxyl groups is 1. The summed E-state index contributed by atoms with van der Waals surface area (Å²) in [6, 6.07) is 1.61. The maximum Gasteiger partial charge on any atom is 0.149 e. The van der Waals surface area contributed by atoms with Crippen LogP contribution in [0.5, 0.6) is 11.5 Å². The van der Waals surface area contributed by atoms with E-state index in [-0.39, 0.29) is 0 Å². The van der Waals surface area contributed by atoms with E-state index in [1.54, 1.807) is 13.0 Å². The van der Waals surface area contributed by atoms with E-state index in [4.69, 9.17) is 26.8 Å². The van der Waals surface area contributed by atoms with Crippen LogP contribution in [-0.2, 0) is 0 Å². The topological polar surface area (TPSA) is 64.7 Å². The quantitative estimate of drug-likeness (QED) is 0.798. The second-order valence-corrected chi connectivity index (χ2v) is 3.94. The zero-order valence-corrected chi connectivity index (χ0v) is 11.0. The second kappa shape index (κ2) is 5.98. The Morgan fingerprint density at radius 2 is 1.94 bits per heavy atom. The van der Waals surface area contributed by atoms with Gasteiger partial charge in [0.2, 0.25) is 0 Å². The minimum Gasteiger partial charge on any atom is -0.493 e. The highest BCUT2D eigenvalue weighted by atomic mass is 35.5. The van der Waals surface area contributed by atoms with Crippen molar-refractivity contribution in [2.75, 3.05) is 18.9 Å². The van der Waals surface area contributed by atoms with Crippen molar-refractivity contribution in [3.63, 3.8) is 0 Å². The monoisotopic (exact) mass is 259 g/mol. The molecular formula is C12H18ClNO3. The number of nitrogens with two attached hydrogens (primary N) is 1. The zero-order valence-electron chi connectivity index (χ0n) is 10.3. The molecule has 0 aliphatic carbocycles. The first kappa shape index (κ1) is 13.9. The van der Waals surface area contributed by atoms with Crippen LogP contribution >= 0.6 is 11.6 Å². The first-order valence-corrected chi connectivity index (χ1v) is 5.96. The van der Waals surface area contributed by atoms with Gasteiger partial charge < -0.3 is 20.3 Å². The SMILES string of the molecule is CCOc1cc(N)c(Cl)c(OCC)c1C(C)O. The highest BCUT2D eigenvalue weighted by Crippen LogP contribution is 2.43. The Labute approximate surface area is 106 Å². The van der Waals surface area contributed by atoms with Gasteiger partial charge in [-0.1, -0.05) is 11.6 Å². The maximum absolute atomic E-state index is 9.79. The van der Waals surface area contributed by atoms with Crippen molar-refractivity contribution in [2.45, 2.75) is 26.9 Å². The van der Waals surface area contributed by atoms with Gasteiger partial charge in [-0.3, -0.25) is 0 Å². The van der Waals surface area contributed by atoms with E-state index in [0.717, 1.165) is 0 Å². The van der Waals surface area contributed by atoms with Crippen LogP contribution in [0.1, 0.15) is 32.4 Å². The molecule has 4 nitrogen and oxygen atoms in total. The predicted octanol–water partition coefficient (Wildman–Crippen LogP) is 2.77. The summed E-state index contributed by atoms with van der Waals surface area (Å²) < 4.78 is 10.9. The molecule has 17 heavy (non-hydrogen) atoms. The molecule has 3 N–H and O–H groups in total. The summed E-state index contributed by atoms with van der Waals surface area (Å²) in [4.78, 5) is 0. The number of hydrogen-bond donors (Lipinski definition) is 2. The Morgan fingerprint density at radius 3 is 2.41 bits per heavy atom. The Kier molecular flexibility index (Phi) is 4.90. The first-order valence-electron chi connectivity index (χ1n) is 5.58. The highest BCUT2D eigenvalue weighted by molar-refractivity contribution is 6.34. The Balaban J connectivity index is 3.40. The van der Waals surface area contributed by atoms with E-state index in [9.17, 15) is 5.11 Å². The number of halogens is 1. The summed E-state index contributed by atoms with van der Waals surface area (Å²) in [7, 11) is 0. The number of benzene rings is 1. The molecule has 0 saturated heterocycles. The molecule has 1 aromatic carbocycles. The fourth-order valence-electron chi connectivity index (χ4n) is 1.60. The summed E-state index contributed by atoms with van der Waals surface area (Å²) in [5, 5.41) is 10.1. The van der Waals surface area contributed by atoms with Gasteiger partial charge in [-0.25, -0.2) is 0 Å². The third-order valence-corrected chi connectivity index (χ3v) is 2.65. The highest BCUT2D eigenvalue weighted by Gasteiger charge is 2.21. The Hall–Kier alpha value is -1.13. The molecule has 0 aromatic heterocycles. The van der Waals surface area contributed by atoms with E-state index >= 15 is 0 Å². The maximum atomic E-state index is 9.79. The molecule has 0 aliphatic rings. The van der Waals surface area contributed by atoms with Gasteiger partial charge in [0.1, 0.15) is 16.5 Å². The lowest BCUT2D eigenvalue weighted by Crippen LogP contribution is -2.06. The van der Waals surface area contributed by atoms with Gasteiger partial charge in [-0.05, 0) is 20.8 Å². The number of anilines is 1. The lowest BCUT2D eigenvalue weighted by Gasteiger charge is -2.19. The van der Waals surface area contributed by atoms with E-state index in [2.05, 4.69) is 0 Å². The molecule has 0 spiro atoms. The van der Waals surface area contributed by atoms with E-state index in [0.29, 0.717) is 41.0 Å². The van der Waals surface area contributed by atoms with Crippen molar-refractivity contribution < 1.29 is 14.6 Å². The summed E-state index contributed by atoms with van der Waals surface area (Å²) in [6.07, 6.45) is -0.740. The second-order valence-electron chi connectivity index (χ2n) is 3.56. The molecule has 0 heterocycles. The normalized spacial score (nSPS) is 12.3. The minimum absolute atomic E-state index is 0.311. The molecule has 0 radical (unpaired) electrons. The van der Waals surface area contributed by atoms with Gasteiger partial charge in [0, 0.05) is 6.07 Å². The fourth-order valence-corrected chi connectivity index (χ4v) is 1.81. The van der Waals surface area contributed by atoms with Crippen LogP contribution in [0.15, 0.2) is 6.07 Å². The van der Waals surface area contributed by atoms with Crippen molar-refractivity contribution in [1.82, 2.24) is 0 Å². The van der Waals surface area contributed by atoms with E-state index < -0.39 is 6.10 Å². The summed E-state index contributed by atoms with van der Waals surface area (Å²) in [5.41, 5.74) is 6.69.